The Kier molecular flexibility index (Phi) is 2.57. The molecule has 2 rings (SSSR count). The molecule has 17 heavy (non-hydrogen) atoms. The number of rotatable bonds is 3. The fraction of sp³-hybridized carbons (Fsp3) is 0. The quantitative estimate of drug-likeness (QED) is 0.626. The number of nitrogens with two attached hydrogens (primary N) is 1. The highest BCUT2D eigenvalue weighted by atomic mass is 16.6. The summed E-state index contributed by atoms with van der Waals surface area (Å²) in [5, 5.41) is 14.5. The molecule has 1 aromatic carbocycles. The summed E-state index contributed by atoms with van der Waals surface area (Å²) in [4.78, 5) is 21.0. The van der Waals surface area contributed by atoms with Crippen LogP contribution in [0.25, 0.3) is 5.69 Å². The van der Waals surface area contributed by atoms with Gasteiger partial charge in [-0.3, -0.25) is 14.9 Å². The Morgan fingerprint density at radius 3 is 2.47 bits per heavy atom. The van der Waals surface area contributed by atoms with Crippen molar-refractivity contribution in [3.8, 4) is 5.69 Å². The van der Waals surface area contributed by atoms with Crippen LogP contribution in [0.15, 0.2) is 36.5 Å². The second kappa shape index (κ2) is 4.05. The lowest BCUT2D eigenvalue weighted by Crippen LogP contribution is -2.14. The van der Waals surface area contributed by atoms with E-state index in [0.29, 0.717) is 5.69 Å². The molecule has 0 aliphatic carbocycles. The van der Waals surface area contributed by atoms with Gasteiger partial charge >= 0.3 is 5.69 Å². The fourth-order valence-electron chi connectivity index (χ4n) is 1.39. The van der Waals surface area contributed by atoms with Crippen LogP contribution in [-0.4, -0.2) is 20.6 Å². The minimum atomic E-state index is -0.925. The minimum absolute atomic E-state index is 0.348. The maximum Gasteiger partial charge on any atom is 0.320 e. The van der Waals surface area contributed by atoms with Gasteiger partial charge in [-0.15, -0.1) is 0 Å². The maximum atomic E-state index is 11.0. The highest BCUT2D eigenvalue weighted by Crippen LogP contribution is 2.18. The number of carbonyl (C=O) groups is 1. The summed E-state index contributed by atoms with van der Waals surface area (Å²) < 4.78 is 1.25. The molecule has 0 atom stereocenters. The lowest BCUT2D eigenvalue weighted by molar-refractivity contribution is -0.385. The molecular weight excluding hydrogens is 224 g/mol. The van der Waals surface area contributed by atoms with Gasteiger partial charge in [0.25, 0.3) is 5.91 Å². The van der Waals surface area contributed by atoms with Crippen molar-refractivity contribution in [3.63, 3.8) is 0 Å². The Morgan fingerprint density at radius 2 is 2.00 bits per heavy atom. The summed E-state index contributed by atoms with van der Waals surface area (Å²) >= 11 is 0. The molecule has 2 N–H and O–H groups in total. The van der Waals surface area contributed by atoms with Crippen LogP contribution >= 0.6 is 0 Å². The Hall–Kier alpha value is -2.70. The lowest BCUT2D eigenvalue weighted by Gasteiger charge is -1.97. The highest BCUT2D eigenvalue weighted by Gasteiger charge is 2.23. The molecule has 86 valence electrons. The molecule has 0 radical (unpaired) electrons. The molecule has 7 nitrogen and oxygen atoms in total. The number of primary amides is 1. The number of hydrogen-bond donors (Lipinski definition) is 1. The summed E-state index contributed by atoms with van der Waals surface area (Å²) in [6.45, 7) is 0. The zero-order valence-electron chi connectivity index (χ0n) is 8.61. The number of benzene rings is 1. The molecule has 0 saturated heterocycles. The molecule has 1 aromatic heterocycles. The predicted octanol–water partition coefficient (Wildman–Crippen LogP) is 0.879. The standard InChI is InChI=1S/C10H8N4O3/c11-10(15)9-8(14(16)17)6-13(12-9)7-4-2-1-3-5-7/h1-6H,(H2,11,15). The summed E-state index contributed by atoms with van der Waals surface area (Å²) in [5.41, 5.74) is 4.89. The van der Waals surface area contributed by atoms with E-state index in [0.717, 1.165) is 6.20 Å². The van der Waals surface area contributed by atoms with Gasteiger partial charge in [-0.25, -0.2) is 4.68 Å². The van der Waals surface area contributed by atoms with Crippen molar-refractivity contribution >= 4 is 11.6 Å². The molecule has 1 heterocycles. The van der Waals surface area contributed by atoms with E-state index in [9.17, 15) is 14.9 Å². The normalized spacial score (nSPS) is 10.1. The van der Waals surface area contributed by atoms with E-state index in [1.165, 1.54) is 4.68 Å². The van der Waals surface area contributed by atoms with E-state index in [4.69, 9.17) is 5.73 Å². The van der Waals surface area contributed by atoms with Gasteiger partial charge in [0.1, 0.15) is 6.20 Å². The maximum absolute atomic E-state index is 11.0. The highest BCUT2D eigenvalue weighted by molar-refractivity contribution is 5.94. The van der Waals surface area contributed by atoms with Crippen LogP contribution < -0.4 is 5.73 Å². The number of nitro groups is 1. The molecule has 0 aliphatic rings. The third-order valence-corrected chi connectivity index (χ3v) is 2.15. The summed E-state index contributed by atoms with van der Waals surface area (Å²) in [7, 11) is 0. The molecule has 0 fully saturated rings. The average Bonchev–Trinajstić information content (AvgIpc) is 2.75. The van der Waals surface area contributed by atoms with E-state index in [-0.39, 0.29) is 5.69 Å². The molecule has 0 spiro atoms. The lowest BCUT2D eigenvalue weighted by atomic mass is 10.3. The van der Waals surface area contributed by atoms with Gasteiger partial charge < -0.3 is 5.73 Å². The number of amides is 1. The van der Waals surface area contributed by atoms with Crippen molar-refractivity contribution in [2.45, 2.75) is 0 Å². The Bertz CT molecular complexity index is 545. The van der Waals surface area contributed by atoms with Crippen LogP contribution in [0, 0.1) is 10.1 Å². The van der Waals surface area contributed by atoms with Crippen LogP contribution in [0.1, 0.15) is 10.5 Å². The smallest absolute Gasteiger partial charge is 0.320 e. The van der Waals surface area contributed by atoms with Crippen molar-refractivity contribution in [1.29, 1.82) is 0 Å². The first kappa shape index (κ1) is 10.8. The van der Waals surface area contributed by atoms with Gasteiger partial charge in [0.05, 0.1) is 10.6 Å². The molecule has 7 heteroatoms. The van der Waals surface area contributed by atoms with Crippen LogP contribution in [0.4, 0.5) is 5.69 Å². The molecule has 0 unspecified atom stereocenters. The van der Waals surface area contributed by atoms with Gasteiger partial charge in [-0.2, -0.15) is 5.10 Å². The van der Waals surface area contributed by atoms with Crippen molar-refractivity contribution in [1.82, 2.24) is 9.78 Å². The fourth-order valence-corrected chi connectivity index (χ4v) is 1.39. The molecule has 0 aliphatic heterocycles. The zero-order chi connectivity index (χ0) is 12.4. The van der Waals surface area contributed by atoms with Gasteiger partial charge in [0, 0.05) is 0 Å². The van der Waals surface area contributed by atoms with Crippen LogP contribution in [0.2, 0.25) is 0 Å². The first-order valence-corrected chi connectivity index (χ1v) is 4.69. The van der Waals surface area contributed by atoms with Crippen LogP contribution in [0.3, 0.4) is 0 Å². The second-order valence-electron chi connectivity index (χ2n) is 3.26. The average molecular weight is 232 g/mol. The van der Waals surface area contributed by atoms with Gasteiger partial charge in [-0.1, -0.05) is 18.2 Å². The SMILES string of the molecule is NC(=O)c1nn(-c2ccccc2)cc1[N+](=O)[O-]. The third-order valence-electron chi connectivity index (χ3n) is 2.15. The van der Waals surface area contributed by atoms with Crippen LogP contribution in [-0.2, 0) is 0 Å². The number of para-hydroxylation sites is 1. The second-order valence-corrected chi connectivity index (χ2v) is 3.26. The van der Waals surface area contributed by atoms with Crippen molar-refractivity contribution < 1.29 is 9.72 Å². The Balaban J connectivity index is 2.55. The third kappa shape index (κ3) is 1.98. The first-order chi connectivity index (χ1) is 8.09. The van der Waals surface area contributed by atoms with E-state index in [1.807, 2.05) is 0 Å². The largest absolute Gasteiger partial charge is 0.364 e. The van der Waals surface area contributed by atoms with E-state index < -0.39 is 16.5 Å². The van der Waals surface area contributed by atoms with E-state index in [2.05, 4.69) is 5.10 Å². The van der Waals surface area contributed by atoms with Gasteiger partial charge in [-0.05, 0) is 12.1 Å². The Morgan fingerprint density at radius 1 is 1.35 bits per heavy atom. The number of nitrogens with zero attached hydrogens (tertiary/aromatic N) is 3. The number of carbonyl (C=O) groups excluding carboxylic acids is 1. The summed E-state index contributed by atoms with van der Waals surface area (Å²) in [5.74, 6) is -0.925. The monoisotopic (exact) mass is 232 g/mol. The van der Waals surface area contributed by atoms with E-state index in [1.54, 1.807) is 30.3 Å². The topological polar surface area (TPSA) is 104 Å². The van der Waals surface area contributed by atoms with Gasteiger partial charge in [0.15, 0.2) is 0 Å². The van der Waals surface area contributed by atoms with Crippen molar-refractivity contribution in [2.75, 3.05) is 0 Å². The molecular formula is C10H8N4O3. The van der Waals surface area contributed by atoms with Gasteiger partial charge in [0.2, 0.25) is 5.69 Å². The minimum Gasteiger partial charge on any atom is -0.364 e. The van der Waals surface area contributed by atoms with Crippen molar-refractivity contribution in [2.24, 2.45) is 5.73 Å². The molecule has 1 amide bonds. The van der Waals surface area contributed by atoms with Crippen molar-refractivity contribution in [3.05, 3.63) is 52.3 Å². The molecule has 0 bridgehead atoms. The number of aromatic nitrogens is 2. The summed E-state index contributed by atoms with van der Waals surface area (Å²) in [6, 6.07) is 8.74. The molecule has 2 aromatic rings. The number of hydrogen-bond acceptors (Lipinski definition) is 4. The molecule has 0 saturated carbocycles. The predicted molar refractivity (Wildman–Crippen MR) is 58.7 cm³/mol. The summed E-state index contributed by atoms with van der Waals surface area (Å²) in [6.07, 6.45) is 1.16. The van der Waals surface area contributed by atoms with Crippen LogP contribution in [0.5, 0.6) is 0 Å². The Labute approximate surface area is 95.6 Å². The van der Waals surface area contributed by atoms with E-state index >= 15 is 0 Å². The first-order valence-electron chi connectivity index (χ1n) is 4.69. The zero-order valence-corrected chi connectivity index (χ0v) is 8.61.